The lowest BCUT2D eigenvalue weighted by Crippen LogP contribution is -2.63. The predicted octanol–water partition coefficient (Wildman–Crippen LogP) is 3.34. The molecule has 6 unspecified atom stereocenters. The van der Waals surface area contributed by atoms with Gasteiger partial charge in [0.25, 0.3) is 0 Å². The van der Waals surface area contributed by atoms with Crippen LogP contribution < -0.4 is 0 Å². The highest BCUT2D eigenvalue weighted by Crippen LogP contribution is 2.71. The molecule has 1 spiro atoms. The Morgan fingerprint density at radius 3 is 2.55 bits per heavy atom. The molecule has 0 aromatic carbocycles. The number of rotatable bonds is 5. The zero-order chi connectivity index (χ0) is 20.9. The van der Waals surface area contributed by atoms with Crippen LogP contribution in [0.2, 0.25) is 0 Å². The van der Waals surface area contributed by atoms with E-state index >= 15 is 0 Å². The van der Waals surface area contributed by atoms with Crippen LogP contribution in [-0.2, 0) is 23.8 Å². The highest BCUT2D eigenvalue weighted by Gasteiger charge is 2.81. The molecule has 6 atom stereocenters. The van der Waals surface area contributed by atoms with Gasteiger partial charge in [0.15, 0.2) is 0 Å². The Labute approximate surface area is 170 Å². The second-order valence-corrected chi connectivity index (χ2v) is 8.96. The summed E-state index contributed by atoms with van der Waals surface area (Å²) in [5.41, 5.74) is 0.525. The van der Waals surface area contributed by atoms with E-state index in [0.717, 1.165) is 18.9 Å². The van der Waals surface area contributed by atoms with E-state index in [-0.39, 0.29) is 34.7 Å². The van der Waals surface area contributed by atoms with Crippen molar-refractivity contribution in [2.24, 2.45) is 10.8 Å². The largest absolute Gasteiger partial charge is 0.478 e. The van der Waals surface area contributed by atoms with E-state index in [2.05, 4.69) is 26.8 Å². The SMILES string of the molecule is CC1=CC2OC3CC(OC(=O)/C=C/C=C/C=C/C(=O)O)C(C)(C2(C)CC1)C31CO1. The summed E-state index contributed by atoms with van der Waals surface area (Å²) in [4.78, 5) is 22.9. The van der Waals surface area contributed by atoms with E-state index in [1.54, 1.807) is 18.2 Å². The van der Waals surface area contributed by atoms with Gasteiger partial charge in [-0.2, -0.15) is 0 Å². The van der Waals surface area contributed by atoms with Crippen molar-refractivity contribution >= 4 is 11.9 Å². The van der Waals surface area contributed by atoms with Crippen molar-refractivity contribution in [3.8, 4) is 0 Å². The summed E-state index contributed by atoms with van der Waals surface area (Å²) in [6.07, 6.45) is 13.0. The summed E-state index contributed by atoms with van der Waals surface area (Å²) < 4.78 is 18.4. The van der Waals surface area contributed by atoms with E-state index in [0.29, 0.717) is 13.0 Å². The number of esters is 1. The molecule has 3 fully saturated rings. The number of carbonyl (C=O) groups is 2. The van der Waals surface area contributed by atoms with Crippen LogP contribution >= 0.6 is 0 Å². The number of fused-ring (bicyclic) bond motifs is 2. The summed E-state index contributed by atoms with van der Waals surface area (Å²) in [7, 11) is 0. The third kappa shape index (κ3) is 3.01. The van der Waals surface area contributed by atoms with Crippen molar-refractivity contribution in [3.63, 3.8) is 0 Å². The van der Waals surface area contributed by atoms with E-state index in [9.17, 15) is 9.59 Å². The van der Waals surface area contributed by atoms with Crippen LogP contribution in [0.1, 0.15) is 40.0 Å². The number of epoxide rings is 1. The first kappa shape index (κ1) is 20.1. The predicted molar refractivity (Wildman–Crippen MR) is 106 cm³/mol. The number of ether oxygens (including phenoxy) is 3. The molecule has 4 rings (SSSR count). The Balaban J connectivity index is 1.51. The van der Waals surface area contributed by atoms with Gasteiger partial charge in [-0.25, -0.2) is 9.59 Å². The zero-order valence-corrected chi connectivity index (χ0v) is 17.1. The maximum atomic E-state index is 12.5. The maximum absolute atomic E-state index is 12.5. The molecule has 2 aliphatic carbocycles. The van der Waals surface area contributed by atoms with Gasteiger partial charge >= 0.3 is 11.9 Å². The minimum absolute atomic E-state index is 0.0178. The Morgan fingerprint density at radius 1 is 1.21 bits per heavy atom. The first-order valence-corrected chi connectivity index (χ1v) is 10.1. The molecule has 4 aliphatic rings. The van der Waals surface area contributed by atoms with Crippen molar-refractivity contribution in [1.82, 2.24) is 0 Å². The molecule has 0 radical (unpaired) electrons. The molecule has 29 heavy (non-hydrogen) atoms. The van der Waals surface area contributed by atoms with Gasteiger partial charge in [0.1, 0.15) is 11.7 Å². The average Bonchev–Trinajstić information content (AvgIpc) is 3.43. The number of allylic oxidation sites excluding steroid dienone is 5. The topological polar surface area (TPSA) is 85.4 Å². The van der Waals surface area contributed by atoms with E-state index < -0.39 is 11.9 Å². The van der Waals surface area contributed by atoms with Gasteiger partial charge in [0, 0.05) is 29.4 Å². The van der Waals surface area contributed by atoms with Crippen LogP contribution in [0, 0.1) is 10.8 Å². The Morgan fingerprint density at radius 2 is 1.90 bits per heavy atom. The molecule has 156 valence electrons. The standard InChI is InChI=1S/C23H28O6/c1-15-10-11-21(2)16(12-15)28-18-13-17(22(21,3)23(18)14-27-23)29-20(26)9-7-5-4-6-8-19(24)25/h4-9,12,16-18H,10-11,13-14H2,1-3H3,(H,24,25)/b5-4+,8-6+,9-7+. The Bertz CT molecular complexity index is 832. The molecule has 6 nitrogen and oxygen atoms in total. The fourth-order valence-corrected chi connectivity index (χ4v) is 5.60. The highest BCUT2D eigenvalue weighted by molar-refractivity contribution is 5.82. The van der Waals surface area contributed by atoms with Crippen LogP contribution in [0.4, 0.5) is 0 Å². The Hall–Kier alpha value is -2.18. The minimum atomic E-state index is -1.02. The highest BCUT2D eigenvalue weighted by atomic mass is 16.6. The maximum Gasteiger partial charge on any atom is 0.331 e. The summed E-state index contributed by atoms with van der Waals surface area (Å²) in [6, 6.07) is 0. The van der Waals surface area contributed by atoms with Crippen LogP contribution in [0.3, 0.4) is 0 Å². The number of carbonyl (C=O) groups excluding carboxylic acids is 1. The second-order valence-electron chi connectivity index (χ2n) is 8.96. The minimum Gasteiger partial charge on any atom is -0.478 e. The van der Waals surface area contributed by atoms with Gasteiger partial charge in [-0.05, 0) is 19.8 Å². The Kier molecular flexibility index (Phi) is 4.82. The number of hydrogen-bond donors (Lipinski definition) is 1. The smallest absolute Gasteiger partial charge is 0.331 e. The van der Waals surface area contributed by atoms with Crippen molar-refractivity contribution in [1.29, 1.82) is 0 Å². The molecule has 2 bridgehead atoms. The summed E-state index contributed by atoms with van der Waals surface area (Å²) >= 11 is 0. The van der Waals surface area contributed by atoms with E-state index in [1.165, 1.54) is 17.7 Å². The lowest BCUT2D eigenvalue weighted by atomic mass is 9.52. The van der Waals surface area contributed by atoms with Crippen LogP contribution in [0.5, 0.6) is 0 Å². The number of carboxylic acid groups (broad SMARTS) is 1. The number of hydrogen-bond acceptors (Lipinski definition) is 5. The average molecular weight is 400 g/mol. The fraction of sp³-hybridized carbons (Fsp3) is 0.565. The molecular formula is C23H28O6. The molecule has 2 heterocycles. The molecule has 0 amide bonds. The van der Waals surface area contributed by atoms with Gasteiger partial charge in [-0.15, -0.1) is 0 Å². The summed E-state index contributed by atoms with van der Waals surface area (Å²) in [5.74, 6) is -1.43. The molecule has 1 N–H and O–H groups in total. The van der Waals surface area contributed by atoms with Gasteiger partial charge in [0.2, 0.25) is 0 Å². The third-order valence-electron chi connectivity index (χ3n) is 7.59. The van der Waals surface area contributed by atoms with Crippen LogP contribution in [-0.4, -0.2) is 47.6 Å². The molecule has 1 saturated carbocycles. The van der Waals surface area contributed by atoms with E-state index in [1.807, 2.05) is 0 Å². The third-order valence-corrected chi connectivity index (χ3v) is 7.59. The van der Waals surface area contributed by atoms with Crippen molar-refractivity contribution in [2.75, 3.05) is 6.61 Å². The lowest BCUT2D eigenvalue weighted by Gasteiger charge is -2.57. The molecule has 0 aromatic heterocycles. The van der Waals surface area contributed by atoms with E-state index in [4.69, 9.17) is 19.3 Å². The molecular weight excluding hydrogens is 372 g/mol. The van der Waals surface area contributed by atoms with Crippen molar-refractivity contribution in [3.05, 3.63) is 48.1 Å². The quantitative estimate of drug-likeness (QED) is 0.250. The van der Waals surface area contributed by atoms with Gasteiger partial charge in [0.05, 0.1) is 18.8 Å². The van der Waals surface area contributed by atoms with Crippen LogP contribution in [0.25, 0.3) is 0 Å². The molecule has 0 aromatic rings. The molecule has 2 saturated heterocycles. The monoisotopic (exact) mass is 400 g/mol. The first-order chi connectivity index (χ1) is 13.7. The zero-order valence-electron chi connectivity index (χ0n) is 17.1. The van der Waals surface area contributed by atoms with Crippen molar-refractivity contribution in [2.45, 2.75) is 63.9 Å². The van der Waals surface area contributed by atoms with Crippen LogP contribution in [0.15, 0.2) is 48.1 Å². The normalized spacial score (nSPS) is 43.1. The van der Waals surface area contributed by atoms with Crippen molar-refractivity contribution < 1.29 is 28.9 Å². The first-order valence-electron chi connectivity index (χ1n) is 10.1. The summed E-state index contributed by atoms with van der Waals surface area (Å²) in [5, 5.41) is 8.54. The van der Waals surface area contributed by atoms with Gasteiger partial charge < -0.3 is 19.3 Å². The van der Waals surface area contributed by atoms with Gasteiger partial charge in [-0.3, -0.25) is 0 Å². The van der Waals surface area contributed by atoms with Gasteiger partial charge in [-0.1, -0.05) is 49.8 Å². The second kappa shape index (κ2) is 6.96. The number of carboxylic acids is 1. The lowest BCUT2D eigenvalue weighted by molar-refractivity contribution is -0.209. The molecule has 6 heteroatoms. The fourth-order valence-electron chi connectivity index (χ4n) is 5.60. The number of aliphatic carboxylic acids is 1. The summed E-state index contributed by atoms with van der Waals surface area (Å²) in [6.45, 7) is 7.26. The molecule has 2 aliphatic heterocycles.